The second-order valence-electron chi connectivity index (χ2n) is 2.79. The third-order valence-corrected chi connectivity index (χ3v) is 2.14. The van der Waals surface area contributed by atoms with Crippen LogP contribution in [0, 0.1) is 0 Å². The summed E-state index contributed by atoms with van der Waals surface area (Å²) < 4.78 is 0.560. The molecule has 1 heterocycles. The molecule has 0 aliphatic heterocycles. The Hall–Kier alpha value is -0.560. The molecular weight excluding hydrogens is 252 g/mol. The fourth-order valence-electron chi connectivity index (χ4n) is 0.962. The Kier molecular flexibility index (Phi) is 4.40. The fourth-order valence-corrected chi connectivity index (χ4v) is 1.17. The monoisotopic (exact) mass is 262 g/mol. The van der Waals surface area contributed by atoms with Crippen molar-refractivity contribution in [3.05, 3.63) is 22.7 Å². The molecule has 6 heteroatoms. The third kappa shape index (κ3) is 2.98. The van der Waals surface area contributed by atoms with Crippen molar-refractivity contribution in [3.8, 4) is 0 Å². The summed E-state index contributed by atoms with van der Waals surface area (Å²) in [5.74, 6) is 0. The summed E-state index contributed by atoms with van der Waals surface area (Å²) in [7, 11) is 0. The molecule has 0 radical (unpaired) electrons. The highest BCUT2D eigenvalue weighted by atomic mass is 79.9. The van der Waals surface area contributed by atoms with Crippen molar-refractivity contribution in [3.63, 3.8) is 0 Å². The highest BCUT2D eigenvalue weighted by Gasteiger charge is 2.19. The number of aliphatic hydroxyl groups is 3. The van der Waals surface area contributed by atoms with E-state index in [1.807, 2.05) is 0 Å². The van der Waals surface area contributed by atoms with Crippen LogP contribution < -0.4 is 0 Å². The van der Waals surface area contributed by atoms with Crippen LogP contribution in [-0.2, 0) is 0 Å². The average molecular weight is 263 g/mol. The molecule has 78 valence electrons. The van der Waals surface area contributed by atoms with Gasteiger partial charge in [0.2, 0.25) is 0 Å². The molecule has 3 N–H and O–H groups in total. The molecule has 1 aromatic rings. The molecule has 0 aliphatic carbocycles. The van der Waals surface area contributed by atoms with Gasteiger partial charge in [-0.1, -0.05) is 0 Å². The maximum absolute atomic E-state index is 9.53. The minimum absolute atomic E-state index is 0.110. The summed E-state index contributed by atoms with van der Waals surface area (Å²) in [6.45, 7) is -0.178. The Morgan fingerprint density at radius 1 is 1.29 bits per heavy atom. The Balaban J connectivity index is 2.68. The van der Waals surface area contributed by atoms with Crippen molar-refractivity contribution < 1.29 is 15.3 Å². The summed E-state index contributed by atoms with van der Waals surface area (Å²) in [4.78, 5) is 7.74. The van der Waals surface area contributed by atoms with Gasteiger partial charge in [0.1, 0.15) is 10.7 Å². The number of rotatable bonds is 4. The third-order valence-electron chi connectivity index (χ3n) is 1.73. The van der Waals surface area contributed by atoms with Gasteiger partial charge in [-0.2, -0.15) is 0 Å². The van der Waals surface area contributed by atoms with E-state index in [2.05, 4.69) is 25.9 Å². The zero-order chi connectivity index (χ0) is 10.6. The molecule has 2 unspecified atom stereocenters. The first-order valence-corrected chi connectivity index (χ1v) is 4.89. The van der Waals surface area contributed by atoms with Gasteiger partial charge in [-0.25, -0.2) is 4.98 Å². The van der Waals surface area contributed by atoms with Crippen molar-refractivity contribution in [1.29, 1.82) is 0 Å². The summed E-state index contributed by atoms with van der Waals surface area (Å²) in [6.07, 6.45) is 0.789. The molecule has 0 saturated carbocycles. The van der Waals surface area contributed by atoms with Crippen LogP contribution >= 0.6 is 15.9 Å². The molecular formula is C8H11BrN2O3. The second kappa shape index (κ2) is 5.35. The lowest BCUT2D eigenvalue weighted by atomic mass is 10.1. The van der Waals surface area contributed by atoms with E-state index in [4.69, 9.17) is 5.11 Å². The van der Waals surface area contributed by atoms with E-state index in [1.165, 1.54) is 12.4 Å². The van der Waals surface area contributed by atoms with Gasteiger partial charge in [0.05, 0.1) is 24.2 Å². The van der Waals surface area contributed by atoms with E-state index in [0.717, 1.165) is 0 Å². The Morgan fingerprint density at radius 2 is 2.00 bits per heavy atom. The van der Waals surface area contributed by atoms with Gasteiger partial charge in [0, 0.05) is 6.61 Å². The summed E-state index contributed by atoms with van der Waals surface area (Å²) >= 11 is 3.10. The van der Waals surface area contributed by atoms with Crippen molar-refractivity contribution in [1.82, 2.24) is 9.97 Å². The van der Waals surface area contributed by atoms with Gasteiger partial charge in [-0.05, 0) is 22.4 Å². The van der Waals surface area contributed by atoms with Crippen molar-refractivity contribution in [2.45, 2.75) is 18.6 Å². The lowest BCUT2D eigenvalue weighted by Crippen LogP contribution is -2.20. The number of hydrogen-bond donors (Lipinski definition) is 3. The Morgan fingerprint density at radius 3 is 2.50 bits per heavy atom. The van der Waals surface area contributed by atoms with Crippen LogP contribution in [0.1, 0.15) is 18.2 Å². The summed E-state index contributed by atoms with van der Waals surface area (Å²) in [5.41, 5.74) is 0.286. The van der Waals surface area contributed by atoms with E-state index in [-0.39, 0.29) is 18.7 Å². The minimum atomic E-state index is -1.11. The molecule has 0 fully saturated rings. The van der Waals surface area contributed by atoms with Gasteiger partial charge in [-0.3, -0.25) is 4.98 Å². The van der Waals surface area contributed by atoms with E-state index in [9.17, 15) is 10.2 Å². The number of hydrogen-bond acceptors (Lipinski definition) is 5. The van der Waals surface area contributed by atoms with Crippen molar-refractivity contribution in [2.75, 3.05) is 6.61 Å². The van der Waals surface area contributed by atoms with Crippen LogP contribution in [-0.4, -0.2) is 38.0 Å². The molecule has 0 spiro atoms. The van der Waals surface area contributed by atoms with Gasteiger partial charge in [-0.15, -0.1) is 0 Å². The van der Waals surface area contributed by atoms with Crippen LogP contribution in [0.25, 0.3) is 0 Å². The molecule has 2 atom stereocenters. The van der Waals surface area contributed by atoms with E-state index in [0.29, 0.717) is 4.60 Å². The van der Waals surface area contributed by atoms with E-state index < -0.39 is 12.2 Å². The molecule has 0 aromatic carbocycles. The first-order valence-electron chi connectivity index (χ1n) is 4.09. The smallest absolute Gasteiger partial charge is 0.124 e. The highest BCUT2D eigenvalue weighted by molar-refractivity contribution is 9.10. The first-order chi connectivity index (χ1) is 6.65. The zero-order valence-corrected chi connectivity index (χ0v) is 8.92. The Bertz CT molecular complexity index is 280. The zero-order valence-electron chi connectivity index (χ0n) is 7.34. The van der Waals surface area contributed by atoms with Crippen molar-refractivity contribution >= 4 is 15.9 Å². The van der Waals surface area contributed by atoms with Crippen molar-refractivity contribution in [2.24, 2.45) is 0 Å². The predicted molar refractivity (Wildman–Crippen MR) is 52.4 cm³/mol. The number of halogens is 1. The predicted octanol–water partition coefficient (Wildman–Crippen LogP) is 0.0158. The highest BCUT2D eigenvalue weighted by Crippen LogP contribution is 2.16. The Labute approximate surface area is 89.6 Å². The number of aromatic nitrogens is 2. The molecule has 1 rings (SSSR count). The standard InChI is InChI=1S/C8H11BrN2O3/c9-7-4-10-5(3-11-7)8(14)6(13)1-2-12/h3-4,6,8,12-14H,1-2H2. The summed E-state index contributed by atoms with van der Waals surface area (Å²) in [6, 6.07) is 0. The van der Waals surface area contributed by atoms with E-state index in [1.54, 1.807) is 0 Å². The lowest BCUT2D eigenvalue weighted by molar-refractivity contribution is 0.00169. The normalized spacial score (nSPS) is 15.1. The van der Waals surface area contributed by atoms with Gasteiger partial charge >= 0.3 is 0 Å². The minimum Gasteiger partial charge on any atom is -0.396 e. The van der Waals surface area contributed by atoms with E-state index >= 15 is 0 Å². The van der Waals surface area contributed by atoms with Crippen LogP contribution in [0.5, 0.6) is 0 Å². The molecule has 5 nitrogen and oxygen atoms in total. The maximum atomic E-state index is 9.53. The number of aliphatic hydroxyl groups excluding tert-OH is 3. The van der Waals surface area contributed by atoms with Gasteiger partial charge in [0.25, 0.3) is 0 Å². The molecule has 1 aromatic heterocycles. The first kappa shape index (κ1) is 11.5. The van der Waals surface area contributed by atoms with Gasteiger partial charge < -0.3 is 15.3 Å². The average Bonchev–Trinajstić information content (AvgIpc) is 2.18. The quantitative estimate of drug-likeness (QED) is 0.712. The SMILES string of the molecule is OCCC(O)C(O)c1cnc(Br)cn1. The molecule has 0 bridgehead atoms. The maximum Gasteiger partial charge on any atom is 0.124 e. The lowest BCUT2D eigenvalue weighted by Gasteiger charge is -2.15. The second-order valence-corrected chi connectivity index (χ2v) is 3.60. The van der Waals surface area contributed by atoms with Crippen LogP contribution in [0.4, 0.5) is 0 Å². The topological polar surface area (TPSA) is 86.5 Å². The molecule has 0 saturated heterocycles. The van der Waals surface area contributed by atoms with Gasteiger partial charge in [0.15, 0.2) is 0 Å². The molecule has 0 amide bonds. The largest absolute Gasteiger partial charge is 0.396 e. The number of nitrogens with zero attached hydrogens (tertiary/aromatic N) is 2. The van der Waals surface area contributed by atoms with Crippen LogP contribution in [0.3, 0.4) is 0 Å². The molecule has 14 heavy (non-hydrogen) atoms. The van der Waals surface area contributed by atoms with Crippen LogP contribution in [0.15, 0.2) is 17.0 Å². The van der Waals surface area contributed by atoms with Crippen LogP contribution in [0.2, 0.25) is 0 Å². The summed E-state index contributed by atoms with van der Waals surface area (Å²) in [5, 5.41) is 27.4. The molecule has 0 aliphatic rings. The fraction of sp³-hybridized carbons (Fsp3) is 0.500.